The summed E-state index contributed by atoms with van der Waals surface area (Å²) in [5.74, 6) is 0.881. The molecule has 2 N–H and O–H groups in total. The summed E-state index contributed by atoms with van der Waals surface area (Å²) >= 11 is 0. The Morgan fingerprint density at radius 3 is 1.36 bits per heavy atom. The second-order valence-corrected chi connectivity index (χ2v) is 11.5. The van der Waals surface area contributed by atoms with Gasteiger partial charge in [0.05, 0.1) is 0 Å². The standard InChI is InChI=1S/C24H42N2O2/c1-23(2)12-8-17(9-13-23)21(27)25-19-6-5-7-20(16-19)26-22(28)18-10-14-24(3,4)15-11-18/h17-20H,5-16H2,1-4H3,(H,25,27)(H,26,28). The van der Waals surface area contributed by atoms with Crippen LogP contribution >= 0.6 is 0 Å². The smallest absolute Gasteiger partial charge is 0.223 e. The third kappa shape index (κ3) is 5.97. The third-order valence-corrected chi connectivity index (χ3v) is 7.79. The summed E-state index contributed by atoms with van der Waals surface area (Å²) in [6.07, 6.45) is 12.7. The van der Waals surface area contributed by atoms with Crippen LogP contribution < -0.4 is 10.6 Å². The van der Waals surface area contributed by atoms with Crippen molar-refractivity contribution in [1.29, 1.82) is 0 Å². The summed E-state index contributed by atoms with van der Waals surface area (Å²) in [4.78, 5) is 25.4. The lowest BCUT2D eigenvalue weighted by molar-refractivity contribution is -0.127. The van der Waals surface area contributed by atoms with Crippen LogP contribution in [0.3, 0.4) is 0 Å². The van der Waals surface area contributed by atoms with Crippen molar-refractivity contribution in [2.75, 3.05) is 0 Å². The first kappa shape index (κ1) is 21.6. The van der Waals surface area contributed by atoms with Crippen LogP contribution in [0.1, 0.15) is 105 Å². The number of carbonyl (C=O) groups is 2. The molecule has 0 radical (unpaired) electrons. The van der Waals surface area contributed by atoms with Gasteiger partial charge in [0.15, 0.2) is 0 Å². The first-order chi connectivity index (χ1) is 13.1. The Bertz CT molecular complexity index is 501. The molecule has 28 heavy (non-hydrogen) atoms. The van der Waals surface area contributed by atoms with Crippen molar-refractivity contribution in [3.05, 3.63) is 0 Å². The van der Waals surface area contributed by atoms with Crippen molar-refractivity contribution in [3.63, 3.8) is 0 Å². The van der Waals surface area contributed by atoms with E-state index >= 15 is 0 Å². The molecule has 2 amide bonds. The van der Waals surface area contributed by atoms with E-state index < -0.39 is 0 Å². The van der Waals surface area contributed by atoms with Gasteiger partial charge in [-0.05, 0) is 87.9 Å². The minimum Gasteiger partial charge on any atom is -0.353 e. The molecule has 0 aromatic rings. The predicted molar refractivity (Wildman–Crippen MR) is 114 cm³/mol. The topological polar surface area (TPSA) is 58.2 Å². The normalized spacial score (nSPS) is 31.1. The molecular weight excluding hydrogens is 348 g/mol. The first-order valence-corrected chi connectivity index (χ1v) is 11.7. The summed E-state index contributed by atoms with van der Waals surface area (Å²) in [5, 5.41) is 6.64. The van der Waals surface area contributed by atoms with Crippen molar-refractivity contribution in [1.82, 2.24) is 10.6 Å². The Balaban J connectivity index is 1.42. The molecule has 4 nitrogen and oxygen atoms in total. The minimum absolute atomic E-state index is 0.189. The maximum atomic E-state index is 12.7. The van der Waals surface area contributed by atoms with Crippen LogP contribution in [-0.2, 0) is 9.59 Å². The molecule has 3 rings (SSSR count). The van der Waals surface area contributed by atoms with Crippen molar-refractivity contribution in [2.24, 2.45) is 22.7 Å². The van der Waals surface area contributed by atoms with Gasteiger partial charge in [-0.15, -0.1) is 0 Å². The summed E-state index contributed by atoms with van der Waals surface area (Å²) in [6, 6.07) is 0.457. The van der Waals surface area contributed by atoms with Crippen molar-refractivity contribution < 1.29 is 9.59 Å². The highest BCUT2D eigenvalue weighted by atomic mass is 16.2. The van der Waals surface area contributed by atoms with Gasteiger partial charge in [-0.2, -0.15) is 0 Å². The largest absolute Gasteiger partial charge is 0.353 e. The van der Waals surface area contributed by atoms with E-state index in [1.54, 1.807) is 0 Å². The Kier molecular flexibility index (Phi) is 6.76. The zero-order valence-electron chi connectivity index (χ0n) is 18.6. The Labute approximate surface area is 172 Å². The van der Waals surface area contributed by atoms with Crippen LogP contribution in [0.15, 0.2) is 0 Å². The molecule has 3 aliphatic rings. The van der Waals surface area contributed by atoms with Crippen LogP contribution in [0.4, 0.5) is 0 Å². The third-order valence-electron chi connectivity index (χ3n) is 7.79. The van der Waals surface area contributed by atoms with Crippen LogP contribution in [0.5, 0.6) is 0 Å². The van der Waals surface area contributed by atoms with E-state index in [2.05, 4.69) is 38.3 Å². The van der Waals surface area contributed by atoms with E-state index in [1.165, 1.54) is 0 Å². The number of carbonyl (C=O) groups excluding carboxylic acids is 2. The molecule has 0 bridgehead atoms. The van der Waals surface area contributed by atoms with Gasteiger partial charge >= 0.3 is 0 Å². The second kappa shape index (κ2) is 8.75. The average Bonchev–Trinajstić information content (AvgIpc) is 2.61. The molecule has 0 spiro atoms. The molecule has 0 aromatic heterocycles. The summed E-state index contributed by atoms with van der Waals surface area (Å²) < 4.78 is 0. The fraction of sp³-hybridized carbons (Fsp3) is 0.917. The Morgan fingerprint density at radius 1 is 0.643 bits per heavy atom. The first-order valence-electron chi connectivity index (χ1n) is 11.7. The van der Waals surface area contributed by atoms with E-state index in [4.69, 9.17) is 0 Å². The van der Waals surface area contributed by atoms with Gasteiger partial charge < -0.3 is 10.6 Å². The van der Waals surface area contributed by atoms with Crippen LogP contribution in [-0.4, -0.2) is 23.9 Å². The molecule has 3 aliphatic carbocycles. The van der Waals surface area contributed by atoms with Crippen LogP contribution in [0, 0.1) is 22.7 Å². The van der Waals surface area contributed by atoms with Gasteiger partial charge in [-0.25, -0.2) is 0 Å². The Morgan fingerprint density at radius 2 is 1.00 bits per heavy atom. The molecule has 4 heteroatoms. The molecule has 3 saturated carbocycles. The SMILES string of the molecule is CC1(C)CCC(C(=O)NC2CCCC(NC(=O)C3CCC(C)(C)CC3)C2)CC1. The number of rotatable bonds is 4. The number of hydrogen-bond donors (Lipinski definition) is 2. The van der Waals surface area contributed by atoms with Gasteiger partial charge in [0.25, 0.3) is 0 Å². The van der Waals surface area contributed by atoms with Gasteiger partial charge in [0.2, 0.25) is 11.8 Å². The van der Waals surface area contributed by atoms with Gasteiger partial charge in [0.1, 0.15) is 0 Å². The maximum absolute atomic E-state index is 12.7. The van der Waals surface area contributed by atoms with E-state index in [1.807, 2.05) is 0 Å². The second-order valence-electron chi connectivity index (χ2n) is 11.5. The maximum Gasteiger partial charge on any atom is 0.223 e. The van der Waals surface area contributed by atoms with E-state index in [0.29, 0.717) is 10.8 Å². The quantitative estimate of drug-likeness (QED) is 0.712. The molecule has 0 saturated heterocycles. The van der Waals surface area contributed by atoms with Gasteiger partial charge in [0, 0.05) is 23.9 Å². The van der Waals surface area contributed by atoms with E-state index in [0.717, 1.165) is 77.0 Å². The predicted octanol–water partition coefficient (Wildman–Crippen LogP) is 4.96. The van der Waals surface area contributed by atoms with Crippen molar-refractivity contribution >= 4 is 11.8 Å². The van der Waals surface area contributed by atoms with Gasteiger partial charge in [-0.1, -0.05) is 27.7 Å². The zero-order valence-corrected chi connectivity index (χ0v) is 18.6. The van der Waals surface area contributed by atoms with Crippen LogP contribution in [0.25, 0.3) is 0 Å². The summed E-state index contributed by atoms with van der Waals surface area (Å²) in [7, 11) is 0. The molecule has 0 aromatic carbocycles. The molecule has 2 unspecified atom stereocenters. The highest BCUT2D eigenvalue weighted by molar-refractivity contribution is 5.80. The number of hydrogen-bond acceptors (Lipinski definition) is 2. The number of amides is 2. The highest BCUT2D eigenvalue weighted by Gasteiger charge is 2.34. The Hall–Kier alpha value is -1.06. The molecular formula is C24H42N2O2. The fourth-order valence-electron chi connectivity index (χ4n) is 5.41. The fourth-order valence-corrected chi connectivity index (χ4v) is 5.41. The molecule has 0 heterocycles. The number of nitrogens with one attached hydrogen (secondary N) is 2. The molecule has 2 atom stereocenters. The average molecular weight is 391 g/mol. The highest BCUT2D eigenvalue weighted by Crippen LogP contribution is 2.39. The van der Waals surface area contributed by atoms with Crippen molar-refractivity contribution in [2.45, 2.75) is 117 Å². The van der Waals surface area contributed by atoms with Gasteiger partial charge in [-0.3, -0.25) is 9.59 Å². The lowest BCUT2D eigenvalue weighted by Crippen LogP contribution is -2.49. The lowest BCUT2D eigenvalue weighted by atomic mass is 9.72. The van der Waals surface area contributed by atoms with E-state index in [9.17, 15) is 9.59 Å². The zero-order chi connectivity index (χ0) is 20.4. The minimum atomic E-state index is 0.189. The molecule has 160 valence electrons. The monoisotopic (exact) mass is 390 g/mol. The van der Waals surface area contributed by atoms with E-state index in [-0.39, 0.29) is 35.7 Å². The van der Waals surface area contributed by atoms with Crippen molar-refractivity contribution in [3.8, 4) is 0 Å². The molecule has 3 fully saturated rings. The lowest BCUT2D eigenvalue weighted by Gasteiger charge is -2.37. The summed E-state index contributed by atoms with van der Waals surface area (Å²) in [6.45, 7) is 9.23. The van der Waals surface area contributed by atoms with Crippen LogP contribution in [0.2, 0.25) is 0 Å². The molecule has 0 aliphatic heterocycles. The summed E-state index contributed by atoms with van der Waals surface area (Å²) in [5.41, 5.74) is 0.788.